The number of anilines is 1. The van der Waals surface area contributed by atoms with E-state index in [9.17, 15) is 31.5 Å². The van der Waals surface area contributed by atoms with Crippen molar-refractivity contribution in [1.82, 2.24) is 14.8 Å². The van der Waals surface area contributed by atoms with Crippen LogP contribution in [0.15, 0.2) is 35.3 Å². The molecule has 2 aliphatic carbocycles. The van der Waals surface area contributed by atoms with E-state index in [1.807, 2.05) is 7.05 Å². The molecular formula is C25H27F5N4O2. The lowest BCUT2D eigenvalue weighted by Crippen LogP contribution is -2.39. The summed E-state index contributed by atoms with van der Waals surface area (Å²) >= 11 is 0. The van der Waals surface area contributed by atoms with Crippen LogP contribution in [0.1, 0.15) is 60.1 Å². The van der Waals surface area contributed by atoms with Crippen molar-refractivity contribution in [3.05, 3.63) is 63.3 Å². The Balaban J connectivity index is 1.49. The molecule has 3 atom stereocenters. The molecule has 194 valence electrons. The maximum atomic E-state index is 14.7. The number of likely N-dealkylation sites (tertiary alicyclic amines) is 1. The Kier molecular flexibility index (Phi) is 5.89. The second-order valence-electron chi connectivity index (χ2n) is 10.3. The topological polar surface area (TPSA) is 66.4 Å². The van der Waals surface area contributed by atoms with Crippen LogP contribution in [0.4, 0.5) is 27.6 Å². The molecule has 1 aromatic carbocycles. The molecule has 2 saturated carbocycles. The Morgan fingerprint density at radius 1 is 1.17 bits per heavy atom. The molecule has 2 heterocycles. The maximum Gasteiger partial charge on any atom is 0.266 e. The highest BCUT2D eigenvalue weighted by atomic mass is 19.3. The van der Waals surface area contributed by atoms with Crippen LogP contribution < -0.4 is 16.2 Å². The molecular weight excluding hydrogens is 483 g/mol. The fraction of sp³-hybridized carbons (Fsp3) is 0.520. The first-order chi connectivity index (χ1) is 17.0. The minimum atomic E-state index is -3.02. The van der Waals surface area contributed by atoms with Crippen molar-refractivity contribution in [2.24, 2.45) is 5.92 Å². The van der Waals surface area contributed by atoms with Crippen LogP contribution in [-0.4, -0.2) is 47.5 Å². The number of hydrogen-bond acceptors (Lipinski definition) is 4. The highest BCUT2D eigenvalue weighted by Crippen LogP contribution is 2.52. The minimum absolute atomic E-state index is 0.0339. The van der Waals surface area contributed by atoms with E-state index in [1.165, 1.54) is 25.1 Å². The number of benzene rings is 1. The Labute approximate surface area is 204 Å². The van der Waals surface area contributed by atoms with Gasteiger partial charge in [0.1, 0.15) is 11.4 Å². The third-order valence-electron chi connectivity index (χ3n) is 7.75. The van der Waals surface area contributed by atoms with E-state index in [2.05, 4.69) is 15.5 Å². The van der Waals surface area contributed by atoms with Crippen molar-refractivity contribution < 1.29 is 26.7 Å². The van der Waals surface area contributed by atoms with Gasteiger partial charge in [0.2, 0.25) is 0 Å². The van der Waals surface area contributed by atoms with Gasteiger partial charge < -0.3 is 20.1 Å². The molecule has 3 fully saturated rings. The molecule has 11 heteroatoms. The second-order valence-corrected chi connectivity index (χ2v) is 10.3. The lowest BCUT2D eigenvalue weighted by molar-refractivity contribution is 0.0648. The fourth-order valence-electron chi connectivity index (χ4n) is 5.48. The summed E-state index contributed by atoms with van der Waals surface area (Å²) < 4.78 is 69.5. The monoisotopic (exact) mass is 510 g/mol. The molecule has 2 N–H and O–H groups in total. The van der Waals surface area contributed by atoms with Gasteiger partial charge in [0.25, 0.3) is 24.3 Å². The van der Waals surface area contributed by atoms with Crippen molar-refractivity contribution in [1.29, 1.82) is 0 Å². The molecule has 36 heavy (non-hydrogen) atoms. The largest absolute Gasteiger partial charge is 0.377 e. The summed E-state index contributed by atoms with van der Waals surface area (Å²) in [7, 11) is 1.96. The zero-order valence-corrected chi connectivity index (χ0v) is 19.8. The summed E-state index contributed by atoms with van der Waals surface area (Å²) in [6.07, 6.45) is -3.60. The van der Waals surface area contributed by atoms with Crippen molar-refractivity contribution >= 4 is 11.6 Å². The van der Waals surface area contributed by atoms with E-state index in [0.29, 0.717) is 12.5 Å². The van der Waals surface area contributed by atoms with Crippen molar-refractivity contribution in [3.63, 3.8) is 0 Å². The first-order valence-electron chi connectivity index (χ1n) is 11.9. The number of alkyl halides is 4. The zero-order chi connectivity index (χ0) is 26.0. The molecule has 1 aliphatic heterocycles. The van der Waals surface area contributed by atoms with Gasteiger partial charge in [0, 0.05) is 30.9 Å². The maximum absolute atomic E-state index is 14.7. The standard InChI is InChI=1S/C25H27F5N4O2/c1-13(15-4-3-5-16(20(15)26)21(27)28)31-22(36)17-11-34(25(6-7-25)23(29)30)19(35)8-18(17)32-24-9-14(24)10-33(2)12-24/h3-5,8,11,13-14,21,23,32H,6-7,9-10,12H2,1-2H3,(H,31,36)/t13-,14-,24-/m1/s1. The predicted octanol–water partition coefficient (Wildman–Crippen LogP) is 4.29. The van der Waals surface area contributed by atoms with E-state index in [4.69, 9.17) is 0 Å². The molecule has 3 aliphatic rings. The summed E-state index contributed by atoms with van der Waals surface area (Å²) in [6.45, 7) is 3.00. The number of fused-ring (bicyclic) bond motifs is 1. The van der Waals surface area contributed by atoms with Gasteiger partial charge in [-0.2, -0.15) is 0 Å². The number of aromatic nitrogens is 1. The average Bonchev–Trinajstić information content (AvgIpc) is 3.69. The third kappa shape index (κ3) is 4.07. The summed E-state index contributed by atoms with van der Waals surface area (Å²) in [5.41, 5.74) is -3.34. The minimum Gasteiger partial charge on any atom is -0.377 e. The lowest BCUT2D eigenvalue weighted by atomic mass is 10.0. The van der Waals surface area contributed by atoms with Gasteiger partial charge in [0.05, 0.1) is 28.4 Å². The SMILES string of the molecule is C[C@@H](NC(=O)c1cn(C2(C(F)F)CC2)c(=O)cc1N[C@@]12C[C@@H]1CN(C)C2)c1cccc(C(F)F)c1F. The fourth-order valence-corrected chi connectivity index (χ4v) is 5.48. The molecule has 0 spiro atoms. The number of nitrogens with zero attached hydrogens (tertiary/aromatic N) is 2. The Hall–Kier alpha value is -2.95. The molecule has 6 nitrogen and oxygen atoms in total. The van der Waals surface area contributed by atoms with E-state index in [0.717, 1.165) is 29.8 Å². The van der Waals surface area contributed by atoms with E-state index in [-0.39, 0.29) is 35.2 Å². The zero-order valence-electron chi connectivity index (χ0n) is 19.8. The van der Waals surface area contributed by atoms with E-state index in [1.54, 1.807) is 0 Å². The Bertz CT molecular complexity index is 1260. The summed E-state index contributed by atoms with van der Waals surface area (Å²) in [5, 5.41) is 5.90. The summed E-state index contributed by atoms with van der Waals surface area (Å²) in [4.78, 5) is 28.4. The van der Waals surface area contributed by atoms with Crippen molar-refractivity contribution in [2.75, 3.05) is 25.5 Å². The summed E-state index contributed by atoms with van der Waals surface area (Å²) in [6, 6.07) is 3.71. The quantitative estimate of drug-likeness (QED) is 0.521. The van der Waals surface area contributed by atoms with Gasteiger partial charge >= 0.3 is 0 Å². The molecule has 0 unspecified atom stereocenters. The normalized spacial score (nSPS) is 25.1. The van der Waals surface area contributed by atoms with E-state index >= 15 is 0 Å². The van der Waals surface area contributed by atoms with Crippen LogP contribution >= 0.6 is 0 Å². The van der Waals surface area contributed by atoms with Gasteiger partial charge in [-0.25, -0.2) is 22.0 Å². The summed E-state index contributed by atoms with van der Waals surface area (Å²) in [5.74, 6) is -1.51. The van der Waals surface area contributed by atoms with Crippen LogP contribution in [0.5, 0.6) is 0 Å². The predicted molar refractivity (Wildman–Crippen MR) is 123 cm³/mol. The van der Waals surface area contributed by atoms with Gasteiger partial charge in [-0.1, -0.05) is 18.2 Å². The smallest absolute Gasteiger partial charge is 0.266 e. The van der Waals surface area contributed by atoms with Crippen LogP contribution in [0.3, 0.4) is 0 Å². The van der Waals surface area contributed by atoms with Gasteiger partial charge in [-0.15, -0.1) is 0 Å². The van der Waals surface area contributed by atoms with Gasteiger partial charge in [-0.3, -0.25) is 9.59 Å². The highest BCUT2D eigenvalue weighted by Gasteiger charge is 2.59. The third-order valence-corrected chi connectivity index (χ3v) is 7.75. The van der Waals surface area contributed by atoms with Crippen molar-refractivity contribution in [2.45, 2.75) is 56.2 Å². The molecule has 1 amide bonds. The van der Waals surface area contributed by atoms with Crippen LogP contribution in [0, 0.1) is 11.7 Å². The number of carbonyl (C=O) groups is 1. The number of halogens is 5. The number of hydrogen-bond donors (Lipinski definition) is 2. The number of nitrogens with one attached hydrogen (secondary N) is 2. The van der Waals surface area contributed by atoms with Crippen LogP contribution in [0.2, 0.25) is 0 Å². The first-order valence-corrected chi connectivity index (χ1v) is 11.9. The number of pyridine rings is 1. The van der Waals surface area contributed by atoms with Crippen molar-refractivity contribution in [3.8, 4) is 0 Å². The number of piperidine rings is 1. The number of rotatable bonds is 8. The van der Waals surface area contributed by atoms with Crippen LogP contribution in [-0.2, 0) is 5.54 Å². The molecule has 0 bridgehead atoms. The highest BCUT2D eigenvalue weighted by molar-refractivity contribution is 5.99. The molecule has 1 saturated heterocycles. The molecule has 1 aromatic heterocycles. The van der Waals surface area contributed by atoms with E-state index < -0.39 is 47.3 Å². The molecule has 5 rings (SSSR count). The Morgan fingerprint density at radius 2 is 1.86 bits per heavy atom. The average molecular weight is 511 g/mol. The lowest BCUT2D eigenvalue weighted by Gasteiger charge is -2.24. The van der Waals surface area contributed by atoms with Crippen LogP contribution in [0.25, 0.3) is 0 Å². The second kappa shape index (κ2) is 8.57. The number of likely N-dealkylation sites (N-methyl/N-ethyl adjacent to an activating group) is 1. The molecule has 0 radical (unpaired) electrons. The number of amides is 1. The first kappa shape index (κ1) is 24.7. The number of carbonyl (C=O) groups excluding carboxylic acids is 1. The van der Waals surface area contributed by atoms with Gasteiger partial charge in [-0.05, 0) is 39.2 Å². The molecule has 2 aromatic rings. The van der Waals surface area contributed by atoms with Gasteiger partial charge in [0.15, 0.2) is 0 Å². The Morgan fingerprint density at radius 3 is 2.44 bits per heavy atom.